The summed E-state index contributed by atoms with van der Waals surface area (Å²) in [7, 11) is 1.62. The summed E-state index contributed by atoms with van der Waals surface area (Å²) in [6.07, 6.45) is 0. The number of urea groups is 1. The van der Waals surface area contributed by atoms with Crippen molar-refractivity contribution in [3.63, 3.8) is 0 Å². The van der Waals surface area contributed by atoms with Crippen LogP contribution in [0.3, 0.4) is 0 Å². The Kier molecular flexibility index (Phi) is 6.12. The quantitative estimate of drug-likeness (QED) is 0.763. The monoisotopic (exact) mass is 332 g/mol. The van der Waals surface area contributed by atoms with Crippen LogP contribution in [0, 0.1) is 13.8 Å². The second kappa shape index (κ2) is 8.29. The summed E-state index contributed by atoms with van der Waals surface area (Å²) >= 11 is 0. The zero-order chi connectivity index (χ0) is 17.5. The average molecular weight is 332 g/mol. The molecule has 0 aliphatic carbocycles. The molecule has 1 aromatic carbocycles. The van der Waals surface area contributed by atoms with E-state index in [0.717, 1.165) is 28.6 Å². The van der Waals surface area contributed by atoms with Crippen LogP contribution in [-0.2, 0) is 0 Å². The van der Waals surface area contributed by atoms with E-state index < -0.39 is 0 Å². The molecule has 2 amide bonds. The maximum absolute atomic E-state index is 11.9. The van der Waals surface area contributed by atoms with Crippen LogP contribution in [0.1, 0.15) is 30.0 Å². The molecule has 0 saturated carbocycles. The van der Waals surface area contributed by atoms with Gasteiger partial charge in [0.25, 0.3) is 0 Å². The Bertz CT molecular complexity index is 664. The van der Waals surface area contributed by atoms with Crippen molar-refractivity contribution in [2.45, 2.75) is 26.8 Å². The predicted molar refractivity (Wildman–Crippen MR) is 91.6 cm³/mol. The zero-order valence-electron chi connectivity index (χ0n) is 14.5. The second-order valence-electron chi connectivity index (χ2n) is 5.51. The van der Waals surface area contributed by atoms with E-state index in [1.165, 1.54) is 0 Å². The fraction of sp³-hybridized carbons (Fsp3) is 0.389. The topological polar surface area (TPSA) is 72.7 Å². The van der Waals surface area contributed by atoms with Gasteiger partial charge in [-0.25, -0.2) is 4.79 Å². The maximum atomic E-state index is 11.9. The minimum atomic E-state index is -0.237. The number of nitrogens with one attached hydrogen (secondary N) is 2. The Labute approximate surface area is 142 Å². The third kappa shape index (κ3) is 4.94. The molecule has 0 bridgehead atoms. The van der Waals surface area contributed by atoms with E-state index >= 15 is 0 Å². The largest absolute Gasteiger partial charge is 0.497 e. The summed E-state index contributed by atoms with van der Waals surface area (Å²) in [5.74, 6) is 3.17. The molecule has 24 heavy (non-hydrogen) atoms. The fourth-order valence-corrected chi connectivity index (χ4v) is 2.41. The number of hydrogen-bond donors (Lipinski definition) is 2. The lowest BCUT2D eigenvalue weighted by Gasteiger charge is -2.14. The van der Waals surface area contributed by atoms with Crippen LogP contribution >= 0.6 is 0 Å². The Morgan fingerprint density at radius 2 is 1.88 bits per heavy atom. The molecular weight excluding hydrogens is 308 g/mol. The highest BCUT2D eigenvalue weighted by Gasteiger charge is 2.14. The first kappa shape index (κ1) is 17.7. The van der Waals surface area contributed by atoms with E-state index in [1.807, 2.05) is 51.1 Å². The third-order valence-electron chi connectivity index (χ3n) is 3.61. The summed E-state index contributed by atoms with van der Waals surface area (Å²) in [6.45, 7) is 6.50. The summed E-state index contributed by atoms with van der Waals surface area (Å²) < 4.78 is 16.1. The Hall–Kier alpha value is -2.63. The lowest BCUT2D eigenvalue weighted by atomic mass is 10.1. The van der Waals surface area contributed by atoms with Gasteiger partial charge < -0.3 is 24.5 Å². The van der Waals surface area contributed by atoms with Gasteiger partial charge in [0.1, 0.15) is 29.6 Å². The number of hydrogen-bond acceptors (Lipinski definition) is 4. The Morgan fingerprint density at radius 1 is 1.21 bits per heavy atom. The number of benzene rings is 1. The van der Waals surface area contributed by atoms with Gasteiger partial charge in [0, 0.05) is 5.56 Å². The molecule has 130 valence electrons. The van der Waals surface area contributed by atoms with Gasteiger partial charge in [-0.05, 0) is 51.1 Å². The molecule has 1 aromatic heterocycles. The average Bonchev–Trinajstić information content (AvgIpc) is 2.90. The molecule has 6 heteroatoms. The van der Waals surface area contributed by atoms with Crippen LogP contribution in [0.25, 0.3) is 0 Å². The number of ether oxygens (including phenoxy) is 2. The highest BCUT2D eigenvalue weighted by Crippen LogP contribution is 2.21. The van der Waals surface area contributed by atoms with Crippen molar-refractivity contribution >= 4 is 6.03 Å². The van der Waals surface area contributed by atoms with Gasteiger partial charge in [-0.1, -0.05) is 0 Å². The fourth-order valence-electron chi connectivity index (χ4n) is 2.41. The molecule has 2 aromatic rings. The molecule has 2 rings (SSSR count). The standard InChI is InChI=1S/C18H24N2O4/c1-12-11-17(14(3)24-12)13(2)20-18(21)19-9-10-23-16-7-5-15(22-4)6-8-16/h5-8,11,13H,9-10H2,1-4H3,(H2,19,20,21). The molecule has 1 heterocycles. The summed E-state index contributed by atoms with van der Waals surface area (Å²) in [5, 5.41) is 5.65. The van der Waals surface area contributed by atoms with Gasteiger partial charge in [-0.15, -0.1) is 0 Å². The van der Waals surface area contributed by atoms with E-state index in [0.29, 0.717) is 13.2 Å². The van der Waals surface area contributed by atoms with Crippen molar-refractivity contribution in [1.29, 1.82) is 0 Å². The highest BCUT2D eigenvalue weighted by atomic mass is 16.5. The lowest BCUT2D eigenvalue weighted by molar-refractivity contribution is 0.233. The maximum Gasteiger partial charge on any atom is 0.315 e. The number of aryl methyl sites for hydroxylation is 2. The Balaban J connectivity index is 1.70. The first-order valence-corrected chi connectivity index (χ1v) is 7.87. The third-order valence-corrected chi connectivity index (χ3v) is 3.61. The predicted octanol–water partition coefficient (Wildman–Crippen LogP) is 3.34. The molecule has 0 fully saturated rings. The van der Waals surface area contributed by atoms with Crippen molar-refractivity contribution < 1.29 is 18.7 Å². The normalized spacial score (nSPS) is 11.7. The van der Waals surface area contributed by atoms with Crippen LogP contribution in [0.2, 0.25) is 0 Å². The van der Waals surface area contributed by atoms with E-state index in [-0.39, 0.29) is 12.1 Å². The molecule has 2 N–H and O–H groups in total. The lowest BCUT2D eigenvalue weighted by Crippen LogP contribution is -2.39. The smallest absolute Gasteiger partial charge is 0.315 e. The number of carbonyl (C=O) groups is 1. The van der Waals surface area contributed by atoms with E-state index in [1.54, 1.807) is 7.11 Å². The van der Waals surface area contributed by atoms with Crippen molar-refractivity contribution in [3.05, 3.63) is 47.4 Å². The van der Waals surface area contributed by atoms with Crippen LogP contribution in [0.5, 0.6) is 11.5 Å². The van der Waals surface area contributed by atoms with E-state index in [4.69, 9.17) is 13.9 Å². The molecule has 0 saturated heterocycles. The van der Waals surface area contributed by atoms with Crippen molar-refractivity contribution in [3.8, 4) is 11.5 Å². The van der Waals surface area contributed by atoms with Crippen molar-refractivity contribution in [2.75, 3.05) is 20.3 Å². The zero-order valence-corrected chi connectivity index (χ0v) is 14.5. The number of amides is 2. The van der Waals surface area contributed by atoms with E-state index in [2.05, 4.69) is 10.6 Å². The van der Waals surface area contributed by atoms with Gasteiger partial charge in [-0.3, -0.25) is 0 Å². The second-order valence-corrected chi connectivity index (χ2v) is 5.51. The van der Waals surface area contributed by atoms with Crippen molar-refractivity contribution in [1.82, 2.24) is 10.6 Å². The van der Waals surface area contributed by atoms with E-state index in [9.17, 15) is 4.79 Å². The number of rotatable bonds is 7. The van der Waals surface area contributed by atoms with Gasteiger partial charge in [0.15, 0.2) is 0 Å². The first-order valence-electron chi connectivity index (χ1n) is 7.87. The van der Waals surface area contributed by atoms with Gasteiger partial charge in [0.05, 0.1) is 19.7 Å². The number of carbonyl (C=O) groups excluding carboxylic acids is 1. The Morgan fingerprint density at radius 3 is 2.46 bits per heavy atom. The highest BCUT2D eigenvalue weighted by molar-refractivity contribution is 5.74. The molecular formula is C18H24N2O4. The van der Waals surface area contributed by atoms with Gasteiger partial charge >= 0.3 is 6.03 Å². The molecule has 0 aliphatic rings. The van der Waals surface area contributed by atoms with Crippen LogP contribution in [0.4, 0.5) is 4.79 Å². The van der Waals surface area contributed by atoms with Gasteiger partial charge in [0.2, 0.25) is 0 Å². The van der Waals surface area contributed by atoms with Crippen molar-refractivity contribution in [2.24, 2.45) is 0 Å². The molecule has 1 unspecified atom stereocenters. The summed E-state index contributed by atoms with van der Waals surface area (Å²) in [4.78, 5) is 11.9. The molecule has 0 aliphatic heterocycles. The molecule has 0 radical (unpaired) electrons. The summed E-state index contributed by atoms with van der Waals surface area (Å²) in [6, 6.07) is 8.88. The minimum absolute atomic E-state index is 0.120. The van der Waals surface area contributed by atoms with Crippen LogP contribution < -0.4 is 20.1 Å². The summed E-state index contributed by atoms with van der Waals surface area (Å²) in [5.41, 5.74) is 0.983. The molecule has 6 nitrogen and oxygen atoms in total. The van der Waals surface area contributed by atoms with Crippen LogP contribution in [-0.4, -0.2) is 26.3 Å². The number of furan rings is 1. The molecule has 1 atom stereocenters. The van der Waals surface area contributed by atoms with Crippen LogP contribution in [0.15, 0.2) is 34.7 Å². The molecule has 0 spiro atoms. The first-order chi connectivity index (χ1) is 11.5. The number of methoxy groups -OCH3 is 1. The van der Waals surface area contributed by atoms with Gasteiger partial charge in [-0.2, -0.15) is 0 Å². The minimum Gasteiger partial charge on any atom is -0.497 e. The SMILES string of the molecule is COc1ccc(OCCNC(=O)NC(C)c2cc(C)oc2C)cc1.